The maximum Gasteiger partial charge on any atom is 0.250 e. The fraction of sp³-hybridized carbons (Fsp3) is 0.500. The lowest BCUT2D eigenvalue weighted by Crippen LogP contribution is -2.37. The van der Waals surface area contributed by atoms with Gasteiger partial charge in [0.15, 0.2) is 0 Å². The van der Waals surface area contributed by atoms with Crippen molar-refractivity contribution in [1.29, 1.82) is 0 Å². The molecule has 0 atom stereocenters. The van der Waals surface area contributed by atoms with Gasteiger partial charge in [0.25, 0.3) is 5.91 Å². The molecule has 0 bridgehead atoms. The van der Waals surface area contributed by atoms with Crippen molar-refractivity contribution in [2.75, 3.05) is 23.8 Å². The van der Waals surface area contributed by atoms with Crippen LogP contribution in [0.1, 0.15) is 37.0 Å². The minimum atomic E-state index is -0.534. The van der Waals surface area contributed by atoms with Crippen LogP contribution in [0.25, 0.3) is 0 Å². The number of aliphatic hydroxyl groups is 1. The standard InChI is InChI=1S/C14H23N3O2/c1-3-10(4-2)17(7-8-18)11-5-6-13(15)12(9-11)14(16)19/h5-6,9-10,18H,3-4,7-8,15H2,1-2H3,(H2,16,19). The predicted molar refractivity (Wildman–Crippen MR) is 78.2 cm³/mol. The molecule has 1 rings (SSSR count). The molecule has 0 unspecified atom stereocenters. The third kappa shape index (κ3) is 3.61. The second kappa shape index (κ2) is 6.99. The second-order valence-electron chi connectivity index (χ2n) is 4.52. The number of carbonyl (C=O) groups excluding carboxylic acids is 1. The lowest BCUT2D eigenvalue weighted by Gasteiger charge is -2.32. The van der Waals surface area contributed by atoms with Crippen molar-refractivity contribution >= 4 is 17.3 Å². The number of primary amides is 1. The lowest BCUT2D eigenvalue weighted by atomic mass is 10.1. The number of carbonyl (C=O) groups is 1. The molecule has 0 saturated heterocycles. The predicted octanol–water partition coefficient (Wildman–Crippen LogP) is 1.36. The third-order valence-electron chi connectivity index (χ3n) is 3.36. The van der Waals surface area contributed by atoms with Crippen molar-refractivity contribution in [1.82, 2.24) is 0 Å². The number of nitrogens with zero attached hydrogens (tertiary/aromatic N) is 1. The van der Waals surface area contributed by atoms with E-state index in [2.05, 4.69) is 18.7 Å². The van der Waals surface area contributed by atoms with Crippen molar-refractivity contribution in [2.45, 2.75) is 32.7 Å². The van der Waals surface area contributed by atoms with Crippen LogP contribution in [0.5, 0.6) is 0 Å². The topological polar surface area (TPSA) is 92.6 Å². The van der Waals surface area contributed by atoms with E-state index in [0.29, 0.717) is 23.8 Å². The molecule has 0 aliphatic carbocycles. The summed E-state index contributed by atoms with van der Waals surface area (Å²) in [5, 5.41) is 9.21. The van der Waals surface area contributed by atoms with Crippen LogP contribution in [0, 0.1) is 0 Å². The molecular weight excluding hydrogens is 242 g/mol. The zero-order valence-corrected chi connectivity index (χ0v) is 11.6. The number of anilines is 2. The monoisotopic (exact) mass is 265 g/mol. The second-order valence-corrected chi connectivity index (χ2v) is 4.52. The smallest absolute Gasteiger partial charge is 0.250 e. The zero-order valence-electron chi connectivity index (χ0n) is 11.6. The van der Waals surface area contributed by atoms with E-state index in [1.165, 1.54) is 0 Å². The third-order valence-corrected chi connectivity index (χ3v) is 3.36. The Balaban J connectivity index is 3.15. The van der Waals surface area contributed by atoms with Gasteiger partial charge >= 0.3 is 0 Å². The highest BCUT2D eigenvalue weighted by atomic mass is 16.3. The molecule has 19 heavy (non-hydrogen) atoms. The Morgan fingerprint density at radius 3 is 2.47 bits per heavy atom. The molecule has 0 heterocycles. The largest absolute Gasteiger partial charge is 0.398 e. The normalized spacial score (nSPS) is 10.7. The van der Waals surface area contributed by atoms with Crippen LogP contribution in [-0.2, 0) is 0 Å². The molecular formula is C14H23N3O2. The first-order valence-electron chi connectivity index (χ1n) is 6.61. The maximum absolute atomic E-state index is 11.3. The summed E-state index contributed by atoms with van der Waals surface area (Å²) in [5.74, 6) is -0.534. The van der Waals surface area contributed by atoms with E-state index in [-0.39, 0.29) is 6.61 Å². The molecule has 106 valence electrons. The molecule has 0 saturated carbocycles. The van der Waals surface area contributed by atoms with Crippen molar-refractivity contribution in [3.63, 3.8) is 0 Å². The Hall–Kier alpha value is -1.75. The first kappa shape index (κ1) is 15.3. The summed E-state index contributed by atoms with van der Waals surface area (Å²) < 4.78 is 0. The minimum absolute atomic E-state index is 0.0623. The molecule has 5 heteroatoms. The summed E-state index contributed by atoms with van der Waals surface area (Å²) in [4.78, 5) is 13.4. The Morgan fingerprint density at radius 1 is 1.37 bits per heavy atom. The summed E-state index contributed by atoms with van der Waals surface area (Å²) in [7, 11) is 0. The van der Waals surface area contributed by atoms with E-state index in [1.54, 1.807) is 12.1 Å². The molecule has 0 aliphatic heterocycles. The Bertz CT molecular complexity index is 431. The summed E-state index contributed by atoms with van der Waals surface area (Å²) >= 11 is 0. The Kier molecular flexibility index (Phi) is 5.63. The van der Waals surface area contributed by atoms with Gasteiger partial charge in [-0.3, -0.25) is 4.79 Å². The van der Waals surface area contributed by atoms with Crippen molar-refractivity contribution in [3.8, 4) is 0 Å². The van der Waals surface area contributed by atoms with Crippen LogP contribution in [-0.4, -0.2) is 30.2 Å². The van der Waals surface area contributed by atoms with E-state index < -0.39 is 5.91 Å². The molecule has 0 aromatic heterocycles. The average molecular weight is 265 g/mol. The highest BCUT2D eigenvalue weighted by Gasteiger charge is 2.17. The number of hydrogen-bond donors (Lipinski definition) is 3. The van der Waals surface area contributed by atoms with Gasteiger partial charge in [-0.25, -0.2) is 0 Å². The number of nitrogens with two attached hydrogens (primary N) is 2. The van der Waals surface area contributed by atoms with Gasteiger partial charge in [0.1, 0.15) is 0 Å². The van der Waals surface area contributed by atoms with E-state index in [1.807, 2.05) is 6.07 Å². The Labute approximate surface area is 114 Å². The van der Waals surface area contributed by atoms with Gasteiger partial charge in [-0.2, -0.15) is 0 Å². The number of benzene rings is 1. The molecule has 0 radical (unpaired) electrons. The van der Waals surface area contributed by atoms with Gasteiger partial charge in [0.2, 0.25) is 0 Å². The van der Waals surface area contributed by atoms with E-state index in [4.69, 9.17) is 11.5 Å². The van der Waals surface area contributed by atoms with E-state index in [9.17, 15) is 9.90 Å². The summed E-state index contributed by atoms with van der Waals surface area (Å²) in [6, 6.07) is 5.56. The van der Waals surface area contributed by atoms with Gasteiger partial charge in [-0.05, 0) is 31.0 Å². The van der Waals surface area contributed by atoms with Gasteiger partial charge in [0, 0.05) is 24.0 Å². The summed E-state index contributed by atoms with van der Waals surface area (Å²) in [6.07, 6.45) is 1.93. The highest BCUT2D eigenvalue weighted by molar-refractivity contribution is 5.99. The van der Waals surface area contributed by atoms with Gasteiger partial charge in [-0.15, -0.1) is 0 Å². The summed E-state index contributed by atoms with van der Waals surface area (Å²) in [5.41, 5.74) is 12.6. The van der Waals surface area contributed by atoms with Gasteiger partial charge in [-0.1, -0.05) is 13.8 Å². The number of nitrogen functional groups attached to an aromatic ring is 1. The van der Waals surface area contributed by atoms with Gasteiger partial charge < -0.3 is 21.5 Å². The molecule has 5 nitrogen and oxygen atoms in total. The van der Waals surface area contributed by atoms with Gasteiger partial charge in [0.05, 0.1) is 12.2 Å². The Morgan fingerprint density at radius 2 is 2.00 bits per heavy atom. The number of rotatable bonds is 7. The maximum atomic E-state index is 11.3. The van der Waals surface area contributed by atoms with Crippen LogP contribution in [0.3, 0.4) is 0 Å². The quantitative estimate of drug-likeness (QED) is 0.649. The number of aliphatic hydroxyl groups excluding tert-OH is 1. The fourth-order valence-corrected chi connectivity index (χ4v) is 2.30. The van der Waals surface area contributed by atoms with Crippen molar-refractivity contribution in [3.05, 3.63) is 23.8 Å². The average Bonchev–Trinajstić information content (AvgIpc) is 2.39. The molecule has 1 aromatic carbocycles. The van der Waals surface area contributed by atoms with Crippen LogP contribution in [0.2, 0.25) is 0 Å². The number of amides is 1. The first-order valence-corrected chi connectivity index (χ1v) is 6.61. The molecule has 0 fully saturated rings. The van der Waals surface area contributed by atoms with Crippen molar-refractivity contribution < 1.29 is 9.90 Å². The number of hydrogen-bond acceptors (Lipinski definition) is 4. The van der Waals surface area contributed by atoms with Crippen LogP contribution in [0.15, 0.2) is 18.2 Å². The fourth-order valence-electron chi connectivity index (χ4n) is 2.30. The zero-order chi connectivity index (χ0) is 14.4. The van der Waals surface area contributed by atoms with E-state index in [0.717, 1.165) is 18.5 Å². The van der Waals surface area contributed by atoms with Crippen LogP contribution < -0.4 is 16.4 Å². The minimum Gasteiger partial charge on any atom is -0.398 e. The summed E-state index contributed by atoms with van der Waals surface area (Å²) in [6.45, 7) is 4.79. The van der Waals surface area contributed by atoms with Crippen molar-refractivity contribution in [2.24, 2.45) is 5.73 Å². The molecule has 0 spiro atoms. The first-order chi connectivity index (χ1) is 9.04. The SMILES string of the molecule is CCC(CC)N(CCO)c1ccc(N)c(C(N)=O)c1. The van der Waals surface area contributed by atoms with Crippen LogP contribution in [0.4, 0.5) is 11.4 Å². The molecule has 5 N–H and O–H groups in total. The molecule has 1 aromatic rings. The van der Waals surface area contributed by atoms with E-state index >= 15 is 0 Å². The molecule has 0 aliphatic rings. The van der Waals surface area contributed by atoms with Crippen LogP contribution >= 0.6 is 0 Å². The lowest BCUT2D eigenvalue weighted by molar-refractivity contribution is 0.100. The molecule has 1 amide bonds. The highest BCUT2D eigenvalue weighted by Crippen LogP contribution is 2.24.